The van der Waals surface area contributed by atoms with Gasteiger partial charge in [-0.05, 0) is 30.5 Å². The van der Waals surface area contributed by atoms with Crippen molar-refractivity contribution in [1.29, 1.82) is 0 Å². The highest BCUT2D eigenvalue weighted by Gasteiger charge is 2.18. The first-order valence-electron chi connectivity index (χ1n) is 9.36. The first kappa shape index (κ1) is 22.1. The molecule has 2 aromatic heterocycles. The number of hydrogen-bond acceptors (Lipinski definition) is 8. The predicted molar refractivity (Wildman–Crippen MR) is 120 cm³/mol. The van der Waals surface area contributed by atoms with E-state index in [1.165, 1.54) is 11.3 Å². The third kappa shape index (κ3) is 5.21. The molecule has 2 heterocycles. The van der Waals surface area contributed by atoms with Crippen LogP contribution in [0, 0.1) is 5.92 Å². The summed E-state index contributed by atoms with van der Waals surface area (Å²) in [5.41, 5.74) is 13.7. The summed E-state index contributed by atoms with van der Waals surface area (Å²) in [5, 5.41) is 13.5. The van der Waals surface area contributed by atoms with Crippen LogP contribution in [0.4, 0.5) is 17.5 Å². The Morgan fingerprint density at radius 1 is 1.21 bits per heavy atom. The number of nitrogens with one attached hydrogen (secondary N) is 1. The molecule has 3 aromatic rings. The molecule has 0 radical (unpaired) electrons. The van der Waals surface area contributed by atoms with E-state index in [1.54, 1.807) is 0 Å². The summed E-state index contributed by atoms with van der Waals surface area (Å²) in [4.78, 5) is 13.0. The zero-order chi connectivity index (χ0) is 20.7. The number of aromatic nitrogens is 3. The Morgan fingerprint density at radius 2 is 1.96 bits per heavy atom. The van der Waals surface area contributed by atoms with Crippen molar-refractivity contribution in [2.75, 3.05) is 29.9 Å². The zero-order valence-corrected chi connectivity index (χ0v) is 17.9. The molecule has 0 aliphatic heterocycles. The van der Waals surface area contributed by atoms with Crippen LogP contribution in [-0.2, 0) is 0 Å². The van der Waals surface area contributed by atoms with E-state index in [9.17, 15) is 5.11 Å². The van der Waals surface area contributed by atoms with Crippen LogP contribution in [0.2, 0.25) is 5.15 Å². The van der Waals surface area contributed by atoms with Crippen molar-refractivity contribution in [3.8, 4) is 10.6 Å². The molecule has 1 aromatic carbocycles. The average Bonchev–Trinajstić information content (AvgIpc) is 3.08. The van der Waals surface area contributed by atoms with Crippen molar-refractivity contribution in [2.45, 2.75) is 33.6 Å². The van der Waals surface area contributed by atoms with Gasteiger partial charge in [-0.3, -0.25) is 0 Å². The number of halogens is 1. The fourth-order valence-electron chi connectivity index (χ4n) is 2.64. The van der Waals surface area contributed by atoms with Gasteiger partial charge in [0.2, 0.25) is 5.95 Å². The van der Waals surface area contributed by atoms with Crippen LogP contribution in [0.5, 0.6) is 0 Å². The number of nitrogens with two attached hydrogens (primary N) is 2. The van der Waals surface area contributed by atoms with Gasteiger partial charge in [0.25, 0.3) is 0 Å². The molecule has 0 saturated heterocycles. The molecular formula is C19H27ClN6OS. The maximum Gasteiger partial charge on any atom is 0.223 e. The minimum Gasteiger partial charge on any atom is -0.399 e. The van der Waals surface area contributed by atoms with Crippen LogP contribution >= 0.6 is 22.9 Å². The van der Waals surface area contributed by atoms with Crippen molar-refractivity contribution in [3.05, 3.63) is 23.4 Å². The first-order chi connectivity index (χ1) is 13.5. The van der Waals surface area contributed by atoms with Crippen molar-refractivity contribution in [1.82, 2.24) is 15.0 Å². The molecular weight excluding hydrogens is 396 g/mol. The maximum atomic E-state index is 9.33. The minimum atomic E-state index is 0.0980. The molecule has 9 heteroatoms. The summed E-state index contributed by atoms with van der Waals surface area (Å²) in [6.07, 6.45) is 1.72. The lowest BCUT2D eigenvalue weighted by molar-refractivity contribution is 0.217. The number of benzene rings is 1. The molecule has 0 bridgehead atoms. The van der Waals surface area contributed by atoms with Crippen molar-refractivity contribution < 1.29 is 5.11 Å². The number of anilines is 3. The van der Waals surface area contributed by atoms with Crippen molar-refractivity contribution in [2.24, 2.45) is 5.92 Å². The number of aliphatic hydroxyl groups excluding tert-OH is 1. The summed E-state index contributed by atoms with van der Waals surface area (Å²) in [5.74, 6) is 0.883. The van der Waals surface area contributed by atoms with Gasteiger partial charge in [0.05, 0.1) is 15.8 Å². The molecule has 0 amide bonds. The van der Waals surface area contributed by atoms with E-state index in [0.717, 1.165) is 23.1 Å². The van der Waals surface area contributed by atoms with E-state index >= 15 is 0 Å². The Morgan fingerprint density at radius 3 is 2.64 bits per heavy atom. The summed E-state index contributed by atoms with van der Waals surface area (Å²) in [7, 11) is 0. The van der Waals surface area contributed by atoms with E-state index in [0.29, 0.717) is 28.6 Å². The highest BCUT2D eigenvalue weighted by molar-refractivity contribution is 7.21. The molecule has 0 fully saturated rings. The molecule has 0 aliphatic carbocycles. The number of aliphatic hydroxyl groups is 1. The Labute approximate surface area is 174 Å². The lowest BCUT2D eigenvalue weighted by Gasteiger charge is -2.14. The normalized spacial score (nSPS) is 11.8. The van der Waals surface area contributed by atoms with E-state index in [4.69, 9.17) is 23.1 Å². The van der Waals surface area contributed by atoms with Crippen molar-refractivity contribution >= 4 is 50.6 Å². The third-order valence-corrected chi connectivity index (χ3v) is 5.52. The van der Waals surface area contributed by atoms with E-state index in [-0.39, 0.29) is 23.6 Å². The molecule has 1 atom stereocenters. The highest BCUT2D eigenvalue weighted by Crippen LogP contribution is 2.38. The second-order valence-electron chi connectivity index (χ2n) is 6.01. The van der Waals surface area contributed by atoms with Crippen LogP contribution in [0.15, 0.2) is 18.2 Å². The number of rotatable bonds is 7. The number of fused-ring (bicyclic) bond motifs is 1. The number of nitrogen functional groups attached to an aromatic ring is 2. The van der Waals surface area contributed by atoms with Crippen LogP contribution < -0.4 is 16.8 Å². The monoisotopic (exact) mass is 422 g/mol. The zero-order valence-electron chi connectivity index (χ0n) is 16.4. The van der Waals surface area contributed by atoms with E-state index in [2.05, 4.69) is 27.2 Å². The maximum absolute atomic E-state index is 9.33. The predicted octanol–water partition coefficient (Wildman–Crippen LogP) is 4.42. The van der Waals surface area contributed by atoms with E-state index in [1.807, 2.05) is 32.0 Å². The lowest BCUT2D eigenvalue weighted by Crippen LogP contribution is -2.13. The quantitative estimate of drug-likeness (QED) is 0.328. The second kappa shape index (κ2) is 10.4. The van der Waals surface area contributed by atoms with Crippen LogP contribution in [0.25, 0.3) is 20.8 Å². The fraction of sp³-hybridized carbons (Fsp3) is 0.421. The van der Waals surface area contributed by atoms with Gasteiger partial charge in [-0.2, -0.15) is 4.98 Å². The molecule has 3 rings (SSSR count). The van der Waals surface area contributed by atoms with Gasteiger partial charge in [-0.25, -0.2) is 9.97 Å². The number of nitrogens with zero attached hydrogens (tertiary/aromatic N) is 3. The molecule has 1 unspecified atom stereocenters. The largest absolute Gasteiger partial charge is 0.399 e. The first-order valence-corrected chi connectivity index (χ1v) is 10.6. The second-order valence-corrected chi connectivity index (χ2v) is 7.40. The third-order valence-electron chi connectivity index (χ3n) is 4.19. The summed E-state index contributed by atoms with van der Waals surface area (Å²) in [6.45, 7) is 6.85. The Balaban J connectivity index is 0.00000136. The molecule has 0 spiro atoms. The molecule has 6 N–H and O–H groups in total. The van der Waals surface area contributed by atoms with Gasteiger partial charge in [0.15, 0.2) is 0 Å². The minimum absolute atomic E-state index is 0.0980. The van der Waals surface area contributed by atoms with Crippen LogP contribution in [0.3, 0.4) is 0 Å². The van der Waals surface area contributed by atoms with Gasteiger partial charge in [-0.1, -0.05) is 38.8 Å². The smallest absolute Gasteiger partial charge is 0.223 e. The van der Waals surface area contributed by atoms with Gasteiger partial charge in [-0.15, -0.1) is 11.3 Å². The fourth-order valence-corrected chi connectivity index (χ4v) is 3.95. The van der Waals surface area contributed by atoms with E-state index < -0.39 is 0 Å². The average molecular weight is 423 g/mol. The van der Waals surface area contributed by atoms with Crippen LogP contribution in [-0.4, -0.2) is 33.2 Å². The molecule has 0 saturated carbocycles. The topological polar surface area (TPSA) is 123 Å². The summed E-state index contributed by atoms with van der Waals surface area (Å²) >= 11 is 7.85. The van der Waals surface area contributed by atoms with Gasteiger partial charge in [0, 0.05) is 18.8 Å². The molecule has 0 aliphatic rings. The number of hydrogen-bond donors (Lipinski definition) is 4. The van der Waals surface area contributed by atoms with Gasteiger partial charge < -0.3 is 21.9 Å². The number of thiazole rings is 1. The SMILES string of the molecule is CC.CCC(CO)CCNc1nc(N)nc(Cl)c1-c1nc2cc(N)ccc2s1. The Kier molecular flexibility index (Phi) is 8.22. The van der Waals surface area contributed by atoms with Gasteiger partial charge >= 0.3 is 0 Å². The van der Waals surface area contributed by atoms with Crippen molar-refractivity contribution in [3.63, 3.8) is 0 Å². The van der Waals surface area contributed by atoms with Crippen LogP contribution in [0.1, 0.15) is 33.6 Å². The highest BCUT2D eigenvalue weighted by atomic mass is 35.5. The lowest BCUT2D eigenvalue weighted by atomic mass is 10.0. The Bertz CT molecular complexity index is 913. The van der Waals surface area contributed by atoms with Gasteiger partial charge in [0.1, 0.15) is 16.0 Å². The molecule has 28 heavy (non-hydrogen) atoms. The molecule has 152 valence electrons. The Hall–Kier alpha value is -2.16. The summed E-state index contributed by atoms with van der Waals surface area (Å²) < 4.78 is 0.999. The molecule has 7 nitrogen and oxygen atoms in total. The summed E-state index contributed by atoms with van der Waals surface area (Å²) in [6, 6.07) is 5.59. The standard InChI is InChI=1S/C17H21ClN6OS.C2H6/c1-2-9(8-25)5-6-21-15-13(14(18)23-17(20)24-15)16-22-11-7-10(19)3-4-12(11)26-16;1-2/h3-4,7,9,25H,2,5-6,8,19H2,1H3,(H3,20,21,23,24);1-2H3.